The van der Waals surface area contributed by atoms with Gasteiger partial charge in [-0.25, -0.2) is 4.84 Å². The molecule has 1 rings (SSSR count). The fourth-order valence-corrected chi connectivity index (χ4v) is 2.44. The third kappa shape index (κ3) is 2.89. The van der Waals surface area contributed by atoms with Gasteiger partial charge in [-0.2, -0.15) is 0 Å². The minimum absolute atomic E-state index is 0.0573. The zero-order valence-electron chi connectivity index (χ0n) is 10.6. The van der Waals surface area contributed by atoms with E-state index in [0.717, 1.165) is 19.4 Å². The molecule has 4 heteroatoms. The Morgan fingerprint density at radius 3 is 2.44 bits per heavy atom. The molecule has 0 radical (unpaired) electrons. The first kappa shape index (κ1) is 13.8. The second-order valence-corrected chi connectivity index (χ2v) is 5.75. The van der Waals surface area contributed by atoms with Crippen LogP contribution in [0.15, 0.2) is 0 Å². The van der Waals surface area contributed by atoms with Crippen LogP contribution < -0.4 is 10.2 Å². The van der Waals surface area contributed by atoms with E-state index >= 15 is 0 Å². The minimum atomic E-state index is -0.507. The van der Waals surface area contributed by atoms with Crippen LogP contribution in [-0.2, 0) is 4.79 Å². The lowest BCUT2D eigenvalue weighted by Gasteiger charge is -2.17. The van der Waals surface area contributed by atoms with Crippen molar-refractivity contribution in [3.05, 3.63) is 0 Å². The van der Waals surface area contributed by atoms with Gasteiger partial charge in [-0.1, -0.05) is 27.7 Å². The molecule has 0 aromatic heterocycles. The Hall–Kier alpha value is -0.280. The summed E-state index contributed by atoms with van der Waals surface area (Å²) in [5, 5.41) is 2.97. The van der Waals surface area contributed by atoms with Gasteiger partial charge < -0.3 is 5.32 Å². The van der Waals surface area contributed by atoms with Crippen LogP contribution >= 0.6 is 11.8 Å². The highest BCUT2D eigenvalue weighted by Crippen LogP contribution is 2.48. The summed E-state index contributed by atoms with van der Waals surface area (Å²) in [5.74, 6) is 1.52. The van der Waals surface area contributed by atoms with E-state index in [4.69, 9.17) is 11.8 Å². The lowest BCUT2D eigenvalue weighted by Crippen LogP contribution is -2.45. The molecule has 0 aromatic carbocycles. The Labute approximate surface area is 103 Å². The van der Waals surface area contributed by atoms with Gasteiger partial charge in [-0.3, -0.25) is 4.79 Å². The van der Waals surface area contributed by atoms with E-state index in [1.165, 1.54) is 0 Å². The highest BCUT2D eigenvalue weighted by Gasteiger charge is 2.60. The van der Waals surface area contributed by atoms with Crippen LogP contribution in [-0.4, -0.2) is 18.0 Å². The standard InChI is InChI=1S/C12H23ClN2O/c1-8(2)5-6-14-11(16)12(15-13)7-10(12)9(3)4/h8-10,15H,5-7H2,1-4H3,(H,14,16). The van der Waals surface area contributed by atoms with E-state index in [2.05, 4.69) is 37.8 Å². The van der Waals surface area contributed by atoms with Crippen LogP contribution in [0.1, 0.15) is 40.5 Å². The predicted molar refractivity (Wildman–Crippen MR) is 67.1 cm³/mol. The van der Waals surface area contributed by atoms with Crippen LogP contribution in [0.4, 0.5) is 0 Å². The van der Waals surface area contributed by atoms with Gasteiger partial charge in [0, 0.05) is 6.54 Å². The smallest absolute Gasteiger partial charge is 0.241 e. The summed E-state index contributed by atoms with van der Waals surface area (Å²) >= 11 is 5.72. The maximum absolute atomic E-state index is 12.0. The summed E-state index contributed by atoms with van der Waals surface area (Å²) in [5.41, 5.74) is -0.507. The van der Waals surface area contributed by atoms with Crippen LogP contribution in [0.5, 0.6) is 0 Å². The second-order valence-electron chi connectivity index (χ2n) is 5.56. The molecule has 0 aromatic rings. The number of carbonyl (C=O) groups is 1. The van der Waals surface area contributed by atoms with Crippen molar-refractivity contribution in [2.24, 2.45) is 17.8 Å². The molecule has 1 amide bonds. The number of hydrogen-bond donors (Lipinski definition) is 2. The summed E-state index contributed by atoms with van der Waals surface area (Å²) < 4.78 is 0. The molecular weight excluding hydrogens is 224 g/mol. The predicted octanol–water partition coefficient (Wildman–Crippen LogP) is 2.31. The van der Waals surface area contributed by atoms with E-state index in [1.54, 1.807) is 0 Å². The van der Waals surface area contributed by atoms with Gasteiger partial charge in [0.15, 0.2) is 0 Å². The fraction of sp³-hybridized carbons (Fsp3) is 0.917. The summed E-state index contributed by atoms with van der Waals surface area (Å²) in [6.45, 7) is 9.29. The molecule has 2 atom stereocenters. The van der Waals surface area contributed by atoms with Crippen LogP contribution in [0.25, 0.3) is 0 Å². The third-order valence-corrected chi connectivity index (χ3v) is 3.74. The summed E-state index contributed by atoms with van der Waals surface area (Å²) in [6.07, 6.45) is 1.86. The van der Waals surface area contributed by atoms with Gasteiger partial charge in [0.2, 0.25) is 5.91 Å². The third-order valence-electron chi connectivity index (χ3n) is 3.40. The summed E-state index contributed by atoms with van der Waals surface area (Å²) in [4.78, 5) is 14.7. The zero-order valence-corrected chi connectivity index (χ0v) is 11.4. The van der Waals surface area contributed by atoms with Gasteiger partial charge in [0.25, 0.3) is 0 Å². The van der Waals surface area contributed by atoms with Gasteiger partial charge >= 0.3 is 0 Å². The maximum Gasteiger partial charge on any atom is 0.241 e. The Morgan fingerprint density at radius 2 is 2.06 bits per heavy atom. The summed E-state index contributed by atoms with van der Waals surface area (Å²) in [7, 11) is 0. The maximum atomic E-state index is 12.0. The van der Waals surface area contributed by atoms with Gasteiger partial charge in [-0.15, -0.1) is 0 Å². The average Bonchev–Trinajstić information content (AvgIpc) is 2.92. The van der Waals surface area contributed by atoms with Crippen molar-refractivity contribution in [1.29, 1.82) is 0 Å². The zero-order chi connectivity index (χ0) is 12.3. The Balaban J connectivity index is 2.41. The largest absolute Gasteiger partial charge is 0.354 e. The van der Waals surface area contributed by atoms with E-state index in [-0.39, 0.29) is 5.91 Å². The molecule has 1 aliphatic carbocycles. The van der Waals surface area contributed by atoms with Gasteiger partial charge in [0.05, 0.1) is 0 Å². The van der Waals surface area contributed by atoms with Crippen molar-refractivity contribution in [2.45, 2.75) is 46.1 Å². The van der Waals surface area contributed by atoms with E-state index < -0.39 is 5.54 Å². The minimum Gasteiger partial charge on any atom is -0.354 e. The normalized spacial score (nSPS) is 28.6. The average molecular weight is 247 g/mol. The van der Waals surface area contributed by atoms with Gasteiger partial charge in [-0.05, 0) is 42.4 Å². The number of nitrogens with one attached hydrogen (secondary N) is 2. The molecule has 2 unspecified atom stereocenters. The molecule has 1 aliphatic rings. The van der Waals surface area contributed by atoms with Crippen molar-refractivity contribution in [3.8, 4) is 0 Å². The van der Waals surface area contributed by atoms with Crippen molar-refractivity contribution >= 4 is 17.7 Å². The molecule has 0 spiro atoms. The van der Waals surface area contributed by atoms with Crippen molar-refractivity contribution in [1.82, 2.24) is 10.2 Å². The van der Waals surface area contributed by atoms with E-state index in [1.807, 2.05) is 0 Å². The molecule has 0 bridgehead atoms. The molecule has 16 heavy (non-hydrogen) atoms. The molecule has 2 N–H and O–H groups in total. The lowest BCUT2D eigenvalue weighted by atomic mass is 10.0. The van der Waals surface area contributed by atoms with Crippen LogP contribution in [0.3, 0.4) is 0 Å². The number of hydrogen-bond acceptors (Lipinski definition) is 2. The quantitative estimate of drug-likeness (QED) is 0.707. The molecular formula is C12H23ClN2O. The Kier molecular flexibility index (Phi) is 4.62. The first-order valence-electron chi connectivity index (χ1n) is 6.10. The number of carbonyl (C=O) groups excluding carboxylic acids is 1. The molecule has 1 saturated carbocycles. The van der Waals surface area contributed by atoms with Crippen LogP contribution in [0, 0.1) is 17.8 Å². The highest BCUT2D eigenvalue weighted by molar-refractivity contribution is 6.16. The van der Waals surface area contributed by atoms with E-state index in [0.29, 0.717) is 17.8 Å². The number of amides is 1. The monoisotopic (exact) mass is 246 g/mol. The van der Waals surface area contributed by atoms with Gasteiger partial charge in [0.1, 0.15) is 5.54 Å². The summed E-state index contributed by atoms with van der Waals surface area (Å²) in [6, 6.07) is 0. The lowest BCUT2D eigenvalue weighted by molar-refractivity contribution is -0.124. The van der Waals surface area contributed by atoms with Crippen molar-refractivity contribution in [2.75, 3.05) is 6.54 Å². The van der Waals surface area contributed by atoms with E-state index in [9.17, 15) is 4.79 Å². The topological polar surface area (TPSA) is 41.1 Å². The SMILES string of the molecule is CC(C)CCNC(=O)C1(NCl)CC1C(C)C. The Bertz CT molecular complexity index is 255. The molecule has 0 heterocycles. The first-order chi connectivity index (χ1) is 7.44. The first-order valence-corrected chi connectivity index (χ1v) is 6.48. The Morgan fingerprint density at radius 1 is 1.44 bits per heavy atom. The molecule has 0 saturated heterocycles. The molecule has 0 aliphatic heterocycles. The van der Waals surface area contributed by atoms with Crippen molar-refractivity contribution in [3.63, 3.8) is 0 Å². The molecule has 1 fully saturated rings. The van der Waals surface area contributed by atoms with Crippen molar-refractivity contribution < 1.29 is 4.79 Å². The fourth-order valence-electron chi connectivity index (χ4n) is 2.14. The highest BCUT2D eigenvalue weighted by atomic mass is 35.5. The number of halogens is 1. The number of rotatable bonds is 6. The second kappa shape index (κ2) is 5.37. The molecule has 3 nitrogen and oxygen atoms in total. The van der Waals surface area contributed by atoms with Crippen LogP contribution in [0.2, 0.25) is 0 Å². The molecule has 94 valence electrons.